The zero-order valence-corrected chi connectivity index (χ0v) is 15.0. The van der Waals surface area contributed by atoms with Crippen LogP contribution in [-0.4, -0.2) is 11.9 Å². The van der Waals surface area contributed by atoms with Gasteiger partial charge in [0.1, 0.15) is 11.3 Å². The molecule has 1 atom stereocenters. The molecule has 3 aromatic rings. The zero-order chi connectivity index (χ0) is 18.3. The molecule has 0 bridgehead atoms. The van der Waals surface area contributed by atoms with Crippen LogP contribution in [-0.2, 0) is 12.8 Å². The SMILES string of the molecule is CC(Oc1cc2oc(=O)c3c(c2cc1Cl)CCC3)C(=O)c1ccccc1. The minimum Gasteiger partial charge on any atom is -0.481 e. The molecular weight excluding hydrogens is 352 g/mol. The smallest absolute Gasteiger partial charge is 0.339 e. The third-order valence-electron chi connectivity index (χ3n) is 4.76. The van der Waals surface area contributed by atoms with Gasteiger partial charge in [-0.25, -0.2) is 4.79 Å². The molecule has 0 saturated heterocycles. The second-order valence-corrected chi connectivity index (χ2v) is 6.88. The van der Waals surface area contributed by atoms with Crippen LogP contribution in [0.3, 0.4) is 0 Å². The van der Waals surface area contributed by atoms with Crippen molar-refractivity contribution in [2.24, 2.45) is 0 Å². The number of halogens is 1. The number of ether oxygens (including phenoxy) is 1. The molecule has 0 N–H and O–H groups in total. The topological polar surface area (TPSA) is 56.5 Å². The number of carbonyl (C=O) groups excluding carboxylic acids is 1. The van der Waals surface area contributed by atoms with Crippen LogP contribution in [0.1, 0.15) is 34.8 Å². The van der Waals surface area contributed by atoms with Gasteiger partial charge >= 0.3 is 5.63 Å². The standard InChI is InChI=1S/C21H17ClO4/c1-12(20(23)13-6-3-2-4-7-13)25-19-11-18-16(10-17(19)22)14-8-5-9-15(14)21(24)26-18/h2-4,6-7,10-12H,5,8-9H2,1H3. The lowest BCUT2D eigenvalue weighted by Gasteiger charge is -2.16. The Balaban J connectivity index is 1.69. The third-order valence-corrected chi connectivity index (χ3v) is 5.05. The van der Waals surface area contributed by atoms with Gasteiger partial charge < -0.3 is 9.15 Å². The third kappa shape index (κ3) is 2.90. The van der Waals surface area contributed by atoms with Crippen molar-refractivity contribution >= 4 is 28.4 Å². The lowest BCUT2D eigenvalue weighted by molar-refractivity contribution is 0.0818. The van der Waals surface area contributed by atoms with Crippen molar-refractivity contribution in [3.05, 3.63) is 74.6 Å². The van der Waals surface area contributed by atoms with Gasteiger partial charge in [-0.15, -0.1) is 0 Å². The van der Waals surface area contributed by atoms with Gasteiger partial charge in [0.2, 0.25) is 5.78 Å². The number of carbonyl (C=O) groups is 1. The molecule has 4 nitrogen and oxygen atoms in total. The minimum atomic E-state index is -0.714. The first kappa shape index (κ1) is 16.9. The highest BCUT2D eigenvalue weighted by Crippen LogP contribution is 2.35. The molecular formula is C21H17ClO4. The van der Waals surface area contributed by atoms with E-state index >= 15 is 0 Å². The highest BCUT2D eigenvalue weighted by atomic mass is 35.5. The molecule has 1 heterocycles. The molecule has 0 spiro atoms. The minimum absolute atomic E-state index is 0.142. The quantitative estimate of drug-likeness (QED) is 0.499. The molecule has 5 heteroatoms. The van der Waals surface area contributed by atoms with E-state index in [1.807, 2.05) is 6.07 Å². The monoisotopic (exact) mass is 368 g/mol. The lowest BCUT2D eigenvalue weighted by atomic mass is 10.1. The summed E-state index contributed by atoms with van der Waals surface area (Å²) in [4.78, 5) is 24.6. The average molecular weight is 369 g/mol. The summed E-state index contributed by atoms with van der Waals surface area (Å²) in [5.74, 6) is 0.189. The van der Waals surface area contributed by atoms with Gasteiger partial charge in [-0.2, -0.15) is 0 Å². The summed E-state index contributed by atoms with van der Waals surface area (Å²) >= 11 is 6.38. The van der Waals surface area contributed by atoms with E-state index < -0.39 is 6.10 Å². The summed E-state index contributed by atoms with van der Waals surface area (Å²) in [7, 11) is 0. The summed E-state index contributed by atoms with van der Waals surface area (Å²) in [6.07, 6.45) is 1.81. The zero-order valence-electron chi connectivity index (χ0n) is 14.3. The van der Waals surface area contributed by atoms with E-state index in [9.17, 15) is 9.59 Å². The molecule has 1 aliphatic carbocycles. The molecule has 132 valence electrons. The number of aryl methyl sites for hydroxylation is 1. The van der Waals surface area contributed by atoms with Gasteiger partial charge in [-0.1, -0.05) is 41.9 Å². The van der Waals surface area contributed by atoms with Crippen molar-refractivity contribution < 1.29 is 13.9 Å². The second-order valence-electron chi connectivity index (χ2n) is 6.47. The first-order chi connectivity index (χ1) is 12.5. The first-order valence-electron chi connectivity index (χ1n) is 8.58. The lowest BCUT2D eigenvalue weighted by Crippen LogP contribution is -2.24. The Kier molecular flexibility index (Phi) is 4.29. The Morgan fingerprint density at radius 2 is 1.88 bits per heavy atom. The normalized spacial score (nSPS) is 14.2. The van der Waals surface area contributed by atoms with Crippen LogP contribution in [0.5, 0.6) is 5.75 Å². The van der Waals surface area contributed by atoms with E-state index in [1.54, 1.807) is 43.3 Å². The van der Waals surface area contributed by atoms with Crippen molar-refractivity contribution in [2.75, 3.05) is 0 Å². The van der Waals surface area contributed by atoms with Crippen molar-refractivity contribution in [1.29, 1.82) is 0 Å². The van der Waals surface area contributed by atoms with Crippen LogP contribution >= 0.6 is 11.6 Å². The molecule has 1 unspecified atom stereocenters. The summed E-state index contributed by atoms with van der Waals surface area (Å²) < 4.78 is 11.2. The van der Waals surface area contributed by atoms with E-state index in [2.05, 4.69) is 0 Å². The van der Waals surface area contributed by atoms with E-state index in [-0.39, 0.29) is 11.4 Å². The van der Waals surface area contributed by atoms with Crippen LogP contribution in [0.15, 0.2) is 51.7 Å². The number of hydrogen-bond acceptors (Lipinski definition) is 4. The molecule has 1 aliphatic rings. The fraction of sp³-hybridized carbons (Fsp3) is 0.238. The first-order valence-corrected chi connectivity index (χ1v) is 8.96. The van der Waals surface area contributed by atoms with Gasteiger partial charge in [0.25, 0.3) is 0 Å². The van der Waals surface area contributed by atoms with E-state index in [4.69, 9.17) is 20.8 Å². The van der Waals surface area contributed by atoms with Gasteiger partial charge in [-0.05, 0) is 37.8 Å². The van der Waals surface area contributed by atoms with E-state index in [0.717, 1.165) is 35.8 Å². The Hall–Kier alpha value is -2.59. The summed E-state index contributed by atoms with van der Waals surface area (Å²) in [5, 5.41) is 1.24. The number of ketones is 1. The van der Waals surface area contributed by atoms with Crippen molar-refractivity contribution in [2.45, 2.75) is 32.3 Å². The maximum Gasteiger partial charge on any atom is 0.339 e. The molecule has 0 fully saturated rings. The van der Waals surface area contributed by atoms with Crippen molar-refractivity contribution in [1.82, 2.24) is 0 Å². The molecule has 1 aromatic heterocycles. The van der Waals surface area contributed by atoms with Crippen molar-refractivity contribution in [3.63, 3.8) is 0 Å². The Labute approximate surface area is 155 Å². The maximum absolute atomic E-state index is 12.5. The van der Waals surface area contributed by atoms with Crippen molar-refractivity contribution in [3.8, 4) is 5.75 Å². The summed E-state index contributed by atoms with van der Waals surface area (Å²) in [6.45, 7) is 1.68. The molecule has 0 radical (unpaired) electrons. The predicted molar refractivity (Wildman–Crippen MR) is 100 cm³/mol. The average Bonchev–Trinajstić information content (AvgIpc) is 3.14. The van der Waals surface area contributed by atoms with Gasteiger partial charge in [-0.3, -0.25) is 4.79 Å². The van der Waals surface area contributed by atoms with Gasteiger partial charge in [0.05, 0.1) is 5.02 Å². The van der Waals surface area contributed by atoms with E-state index in [0.29, 0.717) is 21.9 Å². The number of Topliss-reactive ketones (excluding diaryl/α,β-unsaturated/α-hetero) is 1. The summed E-state index contributed by atoms with van der Waals surface area (Å²) in [6, 6.07) is 12.3. The Morgan fingerprint density at radius 1 is 1.15 bits per heavy atom. The fourth-order valence-corrected chi connectivity index (χ4v) is 3.66. The highest BCUT2D eigenvalue weighted by molar-refractivity contribution is 6.32. The van der Waals surface area contributed by atoms with E-state index in [1.165, 1.54) is 0 Å². The van der Waals surface area contributed by atoms with Crippen LogP contribution in [0.4, 0.5) is 0 Å². The second kappa shape index (κ2) is 6.61. The molecule has 0 amide bonds. The molecule has 0 aliphatic heterocycles. The number of rotatable bonds is 4. The number of benzene rings is 2. The highest BCUT2D eigenvalue weighted by Gasteiger charge is 2.22. The van der Waals surface area contributed by atoms with Crippen LogP contribution in [0, 0.1) is 0 Å². The molecule has 0 saturated carbocycles. The largest absolute Gasteiger partial charge is 0.481 e. The van der Waals surface area contributed by atoms with Crippen LogP contribution in [0.2, 0.25) is 5.02 Å². The number of fused-ring (bicyclic) bond motifs is 3. The molecule has 4 rings (SSSR count). The van der Waals surface area contributed by atoms with Gasteiger partial charge in [0.15, 0.2) is 6.10 Å². The number of hydrogen-bond donors (Lipinski definition) is 0. The Morgan fingerprint density at radius 3 is 2.65 bits per heavy atom. The molecule has 26 heavy (non-hydrogen) atoms. The van der Waals surface area contributed by atoms with Gasteiger partial charge in [0, 0.05) is 22.6 Å². The summed E-state index contributed by atoms with van der Waals surface area (Å²) in [5.41, 5.74) is 2.47. The molecule has 2 aromatic carbocycles. The Bertz CT molecular complexity index is 1050. The fourth-order valence-electron chi connectivity index (χ4n) is 3.45. The predicted octanol–water partition coefficient (Wildman–Crippen LogP) is 4.59. The van der Waals surface area contributed by atoms with Crippen LogP contribution < -0.4 is 10.4 Å². The maximum atomic E-state index is 12.5. The van der Waals surface area contributed by atoms with Crippen LogP contribution in [0.25, 0.3) is 11.0 Å².